The van der Waals surface area contributed by atoms with E-state index in [-0.39, 0.29) is 12.3 Å². The summed E-state index contributed by atoms with van der Waals surface area (Å²) in [6.45, 7) is 4.11. The molecular weight excluding hydrogens is 196 g/mol. The van der Waals surface area contributed by atoms with E-state index in [0.717, 1.165) is 44.6 Å². The maximum Gasteiger partial charge on any atom is 0.332 e. The number of nitrogens with zero attached hydrogens (tertiary/aromatic N) is 1. The summed E-state index contributed by atoms with van der Waals surface area (Å²) in [5.74, 6) is -3.12. The molecule has 1 nitrogen and oxygen atoms in total. The maximum absolute atomic E-state index is 12.9. The molecule has 0 aromatic heterocycles. The second-order valence-corrected chi connectivity index (χ2v) is 4.17. The predicted molar refractivity (Wildman–Crippen MR) is 57.7 cm³/mol. The Bertz CT molecular complexity index is 188. The van der Waals surface area contributed by atoms with Gasteiger partial charge in [-0.05, 0) is 5.92 Å². The standard InChI is InChI=1S/C12H21F2N/c1-3-5-7-11(8-6-4-2)9-12(13,14)10-15/h11H,3-9H2,1-2H3. The highest BCUT2D eigenvalue weighted by atomic mass is 19.3. The lowest BCUT2D eigenvalue weighted by Crippen LogP contribution is -2.18. The number of unbranched alkanes of at least 4 members (excludes halogenated alkanes) is 2. The largest absolute Gasteiger partial charge is 0.332 e. The summed E-state index contributed by atoms with van der Waals surface area (Å²) in [7, 11) is 0. The molecule has 0 bridgehead atoms. The Morgan fingerprint density at radius 1 is 1.13 bits per heavy atom. The first kappa shape index (κ1) is 14.3. The zero-order valence-electron chi connectivity index (χ0n) is 9.73. The van der Waals surface area contributed by atoms with Crippen LogP contribution in [0.1, 0.15) is 58.8 Å². The first-order chi connectivity index (χ1) is 7.05. The summed E-state index contributed by atoms with van der Waals surface area (Å²) < 4.78 is 25.8. The van der Waals surface area contributed by atoms with Gasteiger partial charge in [0.25, 0.3) is 0 Å². The fourth-order valence-corrected chi connectivity index (χ4v) is 1.74. The first-order valence-electron chi connectivity index (χ1n) is 5.84. The zero-order valence-corrected chi connectivity index (χ0v) is 9.73. The van der Waals surface area contributed by atoms with Crippen LogP contribution in [0.3, 0.4) is 0 Å². The third kappa shape index (κ3) is 7.30. The topological polar surface area (TPSA) is 23.8 Å². The molecule has 0 aliphatic rings. The second kappa shape index (κ2) is 7.62. The molecule has 0 amide bonds. The Labute approximate surface area is 91.5 Å². The van der Waals surface area contributed by atoms with Gasteiger partial charge in [0.2, 0.25) is 0 Å². The molecule has 0 aliphatic heterocycles. The van der Waals surface area contributed by atoms with Crippen molar-refractivity contribution >= 4 is 0 Å². The molecule has 0 saturated carbocycles. The molecule has 0 atom stereocenters. The van der Waals surface area contributed by atoms with Gasteiger partial charge in [0.1, 0.15) is 6.07 Å². The monoisotopic (exact) mass is 217 g/mol. The van der Waals surface area contributed by atoms with E-state index >= 15 is 0 Å². The lowest BCUT2D eigenvalue weighted by molar-refractivity contribution is 0.0321. The van der Waals surface area contributed by atoms with Crippen LogP contribution in [0.25, 0.3) is 0 Å². The van der Waals surface area contributed by atoms with E-state index in [2.05, 4.69) is 13.8 Å². The number of nitriles is 1. The molecule has 0 heterocycles. The van der Waals surface area contributed by atoms with Crippen molar-refractivity contribution in [2.24, 2.45) is 5.92 Å². The van der Waals surface area contributed by atoms with Gasteiger partial charge in [-0.1, -0.05) is 52.4 Å². The molecule has 0 N–H and O–H groups in total. The van der Waals surface area contributed by atoms with Crippen molar-refractivity contribution in [1.82, 2.24) is 0 Å². The number of alkyl halides is 2. The van der Waals surface area contributed by atoms with Crippen molar-refractivity contribution in [2.75, 3.05) is 0 Å². The summed E-state index contributed by atoms with van der Waals surface area (Å²) in [4.78, 5) is 0. The van der Waals surface area contributed by atoms with Crippen LogP contribution in [0.4, 0.5) is 8.78 Å². The fraction of sp³-hybridized carbons (Fsp3) is 0.917. The van der Waals surface area contributed by atoms with Crippen molar-refractivity contribution in [3.63, 3.8) is 0 Å². The van der Waals surface area contributed by atoms with Crippen LogP contribution in [-0.2, 0) is 0 Å². The molecule has 0 rings (SSSR count). The molecule has 0 radical (unpaired) electrons. The van der Waals surface area contributed by atoms with Crippen molar-refractivity contribution in [3.05, 3.63) is 0 Å². The minimum Gasteiger partial charge on any atom is -0.192 e. The second-order valence-electron chi connectivity index (χ2n) is 4.17. The Morgan fingerprint density at radius 2 is 1.60 bits per heavy atom. The molecule has 0 aliphatic carbocycles. The smallest absolute Gasteiger partial charge is 0.192 e. The molecule has 0 saturated heterocycles. The van der Waals surface area contributed by atoms with Gasteiger partial charge in [-0.2, -0.15) is 14.0 Å². The fourth-order valence-electron chi connectivity index (χ4n) is 1.74. The molecule has 0 aromatic rings. The lowest BCUT2D eigenvalue weighted by atomic mass is 9.90. The molecule has 15 heavy (non-hydrogen) atoms. The molecule has 88 valence electrons. The van der Waals surface area contributed by atoms with Crippen molar-refractivity contribution in [3.8, 4) is 6.07 Å². The van der Waals surface area contributed by atoms with Crippen LogP contribution in [0, 0.1) is 17.2 Å². The van der Waals surface area contributed by atoms with Gasteiger partial charge < -0.3 is 0 Å². The summed E-state index contributed by atoms with van der Waals surface area (Å²) in [6, 6.07) is 1.09. The predicted octanol–water partition coefficient (Wildman–Crippen LogP) is 4.53. The van der Waals surface area contributed by atoms with E-state index in [9.17, 15) is 8.78 Å². The Hall–Kier alpha value is -0.650. The van der Waals surface area contributed by atoms with E-state index in [1.54, 1.807) is 0 Å². The van der Waals surface area contributed by atoms with E-state index in [4.69, 9.17) is 5.26 Å². The summed E-state index contributed by atoms with van der Waals surface area (Å²) in [6.07, 6.45) is 5.41. The molecule has 3 heteroatoms. The van der Waals surface area contributed by atoms with Gasteiger partial charge >= 0.3 is 5.92 Å². The average Bonchev–Trinajstić information content (AvgIpc) is 2.22. The Morgan fingerprint density at radius 3 is 1.93 bits per heavy atom. The van der Waals surface area contributed by atoms with Crippen LogP contribution in [0.2, 0.25) is 0 Å². The van der Waals surface area contributed by atoms with E-state index in [1.165, 1.54) is 0 Å². The molecule has 0 unspecified atom stereocenters. The number of rotatable bonds is 8. The van der Waals surface area contributed by atoms with Crippen LogP contribution in [0.15, 0.2) is 0 Å². The zero-order chi connectivity index (χ0) is 11.7. The van der Waals surface area contributed by atoms with E-state index in [0.29, 0.717) is 0 Å². The van der Waals surface area contributed by atoms with Crippen LogP contribution < -0.4 is 0 Å². The lowest BCUT2D eigenvalue weighted by Gasteiger charge is -2.18. The normalized spacial score (nSPS) is 11.7. The van der Waals surface area contributed by atoms with Crippen molar-refractivity contribution in [1.29, 1.82) is 5.26 Å². The average molecular weight is 217 g/mol. The minimum absolute atomic E-state index is 0.0135. The third-order valence-electron chi connectivity index (χ3n) is 2.64. The number of hydrogen-bond donors (Lipinski definition) is 0. The van der Waals surface area contributed by atoms with Crippen molar-refractivity contribution in [2.45, 2.75) is 64.7 Å². The quantitative estimate of drug-likeness (QED) is 0.586. The molecule has 0 spiro atoms. The molecule has 0 fully saturated rings. The Kier molecular flexibility index (Phi) is 7.29. The van der Waals surface area contributed by atoms with Crippen molar-refractivity contribution < 1.29 is 8.78 Å². The summed E-state index contributed by atoms with van der Waals surface area (Å²) in [5.41, 5.74) is 0. The summed E-state index contributed by atoms with van der Waals surface area (Å²) >= 11 is 0. The number of halogens is 2. The highest BCUT2D eigenvalue weighted by molar-refractivity contribution is 4.92. The highest BCUT2D eigenvalue weighted by Gasteiger charge is 2.31. The van der Waals surface area contributed by atoms with Gasteiger partial charge in [-0.3, -0.25) is 0 Å². The van der Waals surface area contributed by atoms with Gasteiger partial charge in [-0.25, -0.2) is 0 Å². The molecular formula is C12H21F2N. The SMILES string of the molecule is CCCCC(CCCC)CC(F)(F)C#N. The Balaban J connectivity index is 4.06. The van der Waals surface area contributed by atoms with Gasteiger partial charge in [0.15, 0.2) is 0 Å². The maximum atomic E-state index is 12.9. The van der Waals surface area contributed by atoms with Crippen LogP contribution in [0.5, 0.6) is 0 Å². The van der Waals surface area contributed by atoms with E-state index in [1.807, 2.05) is 0 Å². The van der Waals surface area contributed by atoms with Crippen LogP contribution in [-0.4, -0.2) is 5.92 Å². The van der Waals surface area contributed by atoms with Crippen LogP contribution >= 0.6 is 0 Å². The first-order valence-corrected chi connectivity index (χ1v) is 5.84. The van der Waals surface area contributed by atoms with E-state index < -0.39 is 5.92 Å². The van der Waals surface area contributed by atoms with Gasteiger partial charge in [0.05, 0.1) is 0 Å². The third-order valence-corrected chi connectivity index (χ3v) is 2.64. The van der Waals surface area contributed by atoms with Gasteiger partial charge in [0, 0.05) is 6.42 Å². The number of hydrogen-bond acceptors (Lipinski definition) is 1. The summed E-state index contributed by atoms with van der Waals surface area (Å²) in [5, 5.41) is 8.29. The van der Waals surface area contributed by atoms with Gasteiger partial charge in [-0.15, -0.1) is 0 Å². The molecule has 0 aromatic carbocycles. The minimum atomic E-state index is -3.13. The highest BCUT2D eigenvalue weighted by Crippen LogP contribution is 2.29.